The second-order valence-electron chi connectivity index (χ2n) is 8.34. The van der Waals surface area contributed by atoms with Gasteiger partial charge in [0.2, 0.25) is 0 Å². The van der Waals surface area contributed by atoms with Gasteiger partial charge in [-0.05, 0) is 54.9 Å². The van der Waals surface area contributed by atoms with E-state index in [0.717, 1.165) is 0 Å². The summed E-state index contributed by atoms with van der Waals surface area (Å²) in [6, 6.07) is 0. The van der Waals surface area contributed by atoms with Crippen LogP contribution < -0.4 is 0 Å². The predicted octanol–water partition coefficient (Wildman–Crippen LogP) is 2.70. The summed E-state index contributed by atoms with van der Waals surface area (Å²) in [4.78, 5) is 37.4. The molecule has 0 saturated carbocycles. The molecule has 0 N–H and O–H groups in total. The molecule has 1 aliphatic heterocycles. The maximum Gasteiger partial charge on any atom is 0.410 e. The van der Waals surface area contributed by atoms with E-state index in [0.29, 0.717) is 19.5 Å². The van der Waals surface area contributed by atoms with Gasteiger partial charge in [0.25, 0.3) is 0 Å². The van der Waals surface area contributed by atoms with Crippen molar-refractivity contribution in [3.8, 4) is 0 Å². The highest BCUT2D eigenvalue weighted by molar-refractivity contribution is 5.97. The first-order valence-corrected chi connectivity index (χ1v) is 8.65. The normalized spacial score (nSPS) is 19.5. The largest absolute Gasteiger partial charge is 0.460 e. The third kappa shape index (κ3) is 8.34. The summed E-state index contributed by atoms with van der Waals surface area (Å²) in [5, 5.41) is 0. The lowest BCUT2D eigenvalue weighted by molar-refractivity contribution is -0.158. The molecule has 0 aliphatic carbocycles. The maximum absolute atomic E-state index is 12.1. The zero-order chi connectivity index (χ0) is 19.4. The second kappa shape index (κ2) is 8.17. The molecule has 1 amide bonds. The summed E-state index contributed by atoms with van der Waals surface area (Å²) in [7, 11) is 0. The van der Waals surface area contributed by atoms with Crippen molar-refractivity contribution in [3.05, 3.63) is 0 Å². The number of carbonyl (C=O) groups excluding carboxylic acids is 3. The molecule has 2 unspecified atom stereocenters. The third-order valence-corrected chi connectivity index (χ3v) is 3.39. The minimum Gasteiger partial charge on any atom is -0.460 e. The summed E-state index contributed by atoms with van der Waals surface area (Å²) in [6.07, 6.45) is -1.04. The van der Waals surface area contributed by atoms with Crippen LogP contribution in [0.15, 0.2) is 0 Å². The number of esters is 1. The van der Waals surface area contributed by atoms with E-state index in [1.165, 1.54) is 0 Å². The molecule has 1 rings (SSSR count). The minimum atomic E-state index is -0.726. The number of carbonyl (C=O) groups is 3. The Hall–Kier alpha value is -1.63. The van der Waals surface area contributed by atoms with Crippen molar-refractivity contribution in [2.75, 3.05) is 13.1 Å². The molecule has 0 spiro atoms. The molecule has 1 saturated heterocycles. The molecule has 1 heterocycles. The first kappa shape index (κ1) is 21.4. The molecule has 7 heteroatoms. The van der Waals surface area contributed by atoms with Crippen molar-refractivity contribution in [1.82, 2.24) is 4.90 Å². The molecule has 144 valence electrons. The van der Waals surface area contributed by atoms with Crippen LogP contribution in [0.1, 0.15) is 61.3 Å². The highest BCUT2D eigenvalue weighted by atomic mass is 16.6. The van der Waals surface area contributed by atoms with E-state index in [1.54, 1.807) is 32.6 Å². The van der Waals surface area contributed by atoms with E-state index in [1.807, 2.05) is 20.8 Å². The zero-order valence-electron chi connectivity index (χ0n) is 16.4. The molecule has 0 radical (unpaired) electrons. The van der Waals surface area contributed by atoms with Gasteiger partial charge in [-0.25, -0.2) is 4.79 Å². The topological polar surface area (TPSA) is 82.1 Å². The Labute approximate surface area is 150 Å². The summed E-state index contributed by atoms with van der Waals surface area (Å²) in [6.45, 7) is 13.2. The Bertz CT molecular complexity index is 503. The number of hydrogen-bond donors (Lipinski definition) is 0. The molecular formula is C18H31NO6. The predicted molar refractivity (Wildman–Crippen MR) is 92.2 cm³/mol. The Morgan fingerprint density at radius 3 is 2.12 bits per heavy atom. The van der Waals surface area contributed by atoms with Crippen LogP contribution in [0.3, 0.4) is 0 Å². The summed E-state index contributed by atoms with van der Waals surface area (Å²) in [5.41, 5.74) is -1.17. The van der Waals surface area contributed by atoms with Crippen molar-refractivity contribution in [1.29, 1.82) is 0 Å². The zero-order valence-corrected chi connectivity index (χ0v) is 16.4. The molecule has 0 aromatic heterocycles. The van der Waals surface area contributed by atoms with Crippen LogP contribution in [0, 0.1) is 0 Å². The van der Waals surface area contributed by atoms with Crippen LogP contribution in [0.2, 0.25) is 0 Å². The van der Waals surface area contributed by atoms with Crippen LogP contribution in [0.5, 0.6) is 0 Å². The SMILES string of the molecule is CC(OC1CCN(C(=O)OC(C)(C)C)C1)C(=O)CC(=O)OC(C)(C)C. The number of rotatable bonds is 5. The van der Waals surface area contributed by atoms with E-state index < -0.39 is 23.3 Å². The van der Waals surface area contributed by atoms with E-state index >= 15 is 0 Å². The summed E-state index contributed by atoms with van der Waals surface area (Å²) < 4.78 is 16.2. The van der Waals surface area contributed by atoms with Crippen LogP contribution in [-0.2, 0) is 23.8 Å². The number of ether oxygens (including phenoxy) is 3. The Kier molecular flexibility index (Phi) is 6.99. The van der Waals surface area contributed by atoms with Crippen molar-refractivity contribution in [3.63, 3.8) is 0 Å². The average molecular weight is 357 g/mol. The van der Waals surface area contributed by atoms with Gasteiger partial charge in [-0.1, -0.05) is 0 Å². The molecule has 25 heavy (non-hydrogen) atoms. The third-order valence-electron chi connectivity index (χ3n) is 3.39. The highest BCUT2D eigenvalue weighted by Gasteiger charge is 2.32. The van der Waals surface area contributed by atoms with Crippen LogP contribution >= 0.6 is 0 Å². The minimum absolute atomic E-state index is 0.245. The Balaban J connectivity index is 2.43. The first-order valence-electron chi connectivity index (χ1n) is 8.65. The lowest BCUT2D eigenvalue weighted by Gasteiger charge is -2.24. The summed E-state index contributed by atoms with van der Waals surface area (Å²) >= 11 is 0. The van der Waals surface area contributed by atoms with Gasteiger partial charge >= 0.3 is 12.1 Å². The fourth-order valence-corrected chi connectivity index (χ4v) is 2.36. The van der Waals surface area contributed by atoms with Crippen LogP contribution in [0.25, 0.3) is 0 Å². The van der Waals surface area contributed by atoms with Gasteiger partial charge in [0.15, 0.2) is 5.78 Å². The molecule has 1 fully saturated rings. The summed E-state index contributed by atoms with van der Waals surface area (Å²) in [5.74, 6) is -0.889. The van der Waals surface area contributed by atoms with Crippen LogP contribution in [0.4, 0.5) is 4.79 Å². The van der Waals surface area contributed by atoms with Gasteiger partial charge in [-0.2, -0.15) is 0 Å². The smallest absolute Gasteiger partial charge is 0.410 e. The van der Waals surface area contributed by atoms with E-state index in [-0.39, 0.29) is 24.4 Å². The lowest BCUT2D eigenvalue weighted by atomic mass is 10.1. The standard InChI is InChI=1S/C18H31NO6/c1-12(14(20)10-15(21)24-17(2,3)4)23-13-8-9-19(11-13)16(22)25-18(5,6)7/h12-13H,8-11H2,1-7H3. The molecule has 7 nitrogen and oxygen atoms in total. The highest BCUT2D eigenvalue weighted by Crippen LogP contribution is 2.19. The van der Waals surface area contributed by atoms with E-state index in [4.69, 9.17) is 14.2 Å². The lowest BCUT2D eigenvalue weighted by Crippen LogP contribution is -2.37. The quantitative estimate of drug-likeness (QED) is 0.556. The van der Waals surface area contributed by atoms with Crippen molar-refractivity contribution in [2.45, 2.75) is 84.7 Å². The fraction of sp³-hybridized carbons (Fsp3) is 0.833. The maximum atomic E-state index is 12.1. The van der Waals surface area contributed by atoms with E-state index in [9.17, 15) is 14.4 Å². The van der Waals surface area contributed by atoms with Gasteiger partial charge in [0.1, 0.15) is 23.7 Å². The number of Topliss-reactive ketones (excluding diaryl/α,β-unsaturated/α-hetero) is 1. The number of likely N-dealkylation sites (tertiary alicyclic amines) is 1. The van der Waals surface area contributed by atoms with Crippen LogP contribution in [-0.4, -0.2) is 59.2 Å². The Morgan fingerprint density at radius 2 is 1.60 bits per heavy atom. The van der Waals surface area contributed by atoms with Gasteiger partial charge < -0.3 is 19.1 Å². The average Bonchev–Trinajstić information content (AvgIpc) is 2.82. The molecule has 0 aromatic carbocycles. The number of ketones is 1. The van der Waals surface area contributed by atoms with Gasteiger partial charge in [-0.15, -0.1) is 0 Å². The van der Waals surface area contributed by atoms with E-state index in [2.05, 4.69) is 0 Å². The number of hydrogen-bond acceptors (Lipinski definition) is 6. The number of nitrogens with zero attached hydrogens (tertiary/aromatic N) is 1. The molecular weight excluding hydrogens is 326 g/mol. The fourth-order valence-electron chi connectivity index (χ4n) is 2.36. The molecule has 2 atom stereocenters. The van der Waals surface area contributed by atoms with Gasteiger partial charge in [0.05, 0.1) is 12.6 Å². The van der Waals surface area contributed by atoms with Crippen molar-refractivity contribution >= 4 is 17.8 Å². The van der Waals surface area contributed by atoms with Crippen molar-refractivity contribution < 1.29 is 28.6 Å². The second-order valence-corrected chi connectivity index (χ2v) is 8.34. The monoisotopic (exact) mass is 357 g/mol. The van der Waals surface area contributed by atoms with Crippen molar-refractivity contribution in [2.24, 2.45) is 0 Å². The molecule has 0 aromatic rings. The first-order chi connectivity index (χ1) is 11.3. The Morgan fingerprint density at radius 1 is 1.04 bits per heavy atom. The molecule has 0 bridgehead atoms. The van der Waals surface area contributed by atoms with Gasteiger partial charge in [-0.3, -0.25) is 9.59 Å². The number of amides is 1. The van der Waals surface area contributed by atoms with Gasteiger partial charge in [0, 0.05) is 6.54 Å². The molecule has 1 aliphatic rings.